The average molecular weight is 460 g/mol. The number of amides is 1. The lowest BCUT2D eigenvalue weighted by atomic mass is 9.91. The number of rotatable bonds is 6. The number of benzene rings is 2. The van der Waals surface area contributed by atoms with E-state index in [1.165, 1.54) is 36.1 Å². The minimum absolute atomic E-state index is 0.0211. The molecule has 162 valence electrons. The van der Waals surface area contributed by atoms with E-state index in [2.05, 4.69) is 6.07 Å². The second kappa shape index (κ2) is 8.43. The van der Waals surface area contributed by atoms with Crippen LogP contribution < -0.4 is 9.04 Å². The number of aryl methyl sites for hydroxylation is 2. The van der Waals surface area contributed by atoms with Crippen molar-refractivity contribution in [3.63, 3.8) is 0 Å². The summed E-state index contributed by atoms with van der Waals surface area (Å²) in [5.74, 6) is -1.65. The van der Waals surface area contributed by atoms with Gasteiger partial charge in [0.25, 0.3) is 5.91 Å². The largest absolute Gasteiger partial charge is 0.494 e. The Morgan fingerprint density at radius 3 is 2.58 bits per heavy atom. The van der Waals surface area contributed by atoms with E-state index < -0.39 is 21.7 Å². The molecule has 0 aliphatic heterocycles. The lowest BCUT2D eigenvalue weighted by molar-refractivity contribution is 0.101. The van der Waals surface area contributed by atoms with Crippen molar-refractivity contribution in [2.45, 2.75) is 26.2 Å². The quantitative estimate of drug-likeness (QED) is 0.518. The Bertz CT molecular complexity index is 1250. The standard InChI is InChI=1S/C23H22FNO4S2/c1-3-12-31(27,28)25(17-10-11-20(29-2)19(24)14-17)23(26)21-13-16-9-8-15-6-4-5-7-18(15)22(16)30-21/h4-7,10-11,13-14H,3,8-9,12H2,1-2H3. The number of hydrogen-bond donors (Lipinski definition) is 0. The highest BCUT2D eigenvalue weighted by molar-refractivity contribution is 7.93. The van der Waals surface area contributed by atoms with Crippen LogP contribution in [-0.2, 0) is 22.9 Å². The van der Waals surface area contributed by atoms with E-state index in [-0.39, 0.29) is 17.2 Å². The smallest absolute Gasteiger partial charge is 0.282 e. The number of carbonyl (C=O) groups excluding carboxylic acids is 1. The molecule has 0 saturated heterocycles. The molecule has 1 amide bonds. The molecule has 0 N–H and O–H groups in total. The number of nitrogens with zero attached hydrogens (tertiary/aromatic N) is 1. The second-order valence-electron chi connectivity index (χ2n) is 7.33. The molecule has 8 heteroatoms. The summed E-state index contributed by atoms with van der Waals surface area (Å²) in [6, 6.07) is 13.5. The SMILES string of the molecule is CCCS(=O)(=O)N(C(=O)c1cc2c(s1)-c1ccccc1CC2)c1ccc(OC)c(F)c1. The lowest BCUT2D eigenvalue weighted by Gasteiger charge is -2.22. The Balaban J connectivity index is 1.79. The highest BCUT2D eigenvalue weighted by Crippen LogP contribution is 2.40. The number of fused-ring (bicyclic) bond motifs is 3. The van der Waals surface area contributed by atoms with Gasteiger partial charge in [-0.25, -0.2) is 17.1 Å². The van der Waals surface area contributed by atoms with Crippen LogP contribution in [0, 0.1) is 5.82 Å². The topological polar surface area (TPSA) is 63.7 Å². The van der Waals surface area contributed by atoms with Crippen molar-refractivity contribution in [3.05, 3.63) is 70.4 Å². The number of sulfonamides is 1. The van der Waals surface area contributed by atoms with E-state index in [9.17, 15) is 17.6 Å². The number of thiophene rings is 1. The summed E-state index contributed by atoms with van der Waals surface area (Å²) in [7, 11) is -2.67. The van der Waals surface area contributed by atoms with E-state index in [1.54, 1.807) is 13.0 Å². The average Bonchev–Trinajstić information content (AvgIpc) is 3.19. The highest BCUT2D eigenvalue weighted by Gasteiger charge is 2.32. The minimum atomic E-state index is -3.99. The van der Waals surface area contributed by atoms with Crippen molar-refractivity contribution in [1.29, 1.82) is 0 Å². The molecule has 1 aliphatic rings. The van der Waals surface area contributed by atoms with Crippen molar-refractivity contribution in [1.82, 2.24) is 0 Å². The lowest BCUT2D eigenvalue weighted by Crippen LogP contribution is -2.38. The molecule has 1 aliphatic carbocycles. The van der Waals surface area contributed by atoms with Crippen LogP contribution in [0.15, 0.2) is 48.5 Å². The van der Waals surface area contributed by atoms with Crippen LogP contribution in [0.2, 0.25) is 0 Å². The third-order valence-corrected chi connectivity index (χ3v) is 8.30. The van der Waals surface area contributed by atoms with Gasteiger partial charge < -0.3 is 4.74 Å². The fourth-order valence-corrected chi connectivity index (χ4v) is 6.55. The monoisotopic (exact) mass is 459 g/mol. The maximum atomic E-state index is 14.3. The molecule has 31 heavy (non-hydrogen) atoms. The van der Waals surface area contributed by atoms with Gasteiger partial charge in [0.15, 0.2) is 11.6 Å². The van der Waals surface area contributed by atoms with Gasteiger partial charge in [-0.05, 0) is 54.2 Å². The van der Waals surface area contributed by atoms with Gasteiger partial charge in [0.05, 0.1) is 23.4 Å². The van der Waals surface area contributed by atoms with Crippen LogP contribution in [0.4, 0.5) is 10.1 Å². The molecule has 3 aromatic rings. The van der Waals surface area contributed by atoms with Gasteiger partial charge in [0.1, 0.15) is 0 Å². The Morgan fingerprint density at radius 1 is 1.13 bits per heavy atom. The van der Waals surface area contributed by atoms with Crippen molar-refractivity contribution < 1.29 is 22.3 Å². The first-order valence-corrected chi connectivity index (χ1v) is 12.4. The van der Waals surface area contributed by atoms with E-state index in [0.717, 1.165) is 39.2 Å². The molecule has 0 fully saturated rings. The molecule has 0 radical (unpaired) electrons. The fourth-order valence-electron chi connectivity index (χ4n) is 3.81. The van der Waals surface area contributed by atoms with Gasteiger partial charge >= 0.3 is 0 Å². The number of methoxy groups -OCH3 is 1. The summed E-state index contributed by atoms with van der Waals surface area (Å²) < 4.78 is 46.0. The van der Waals surface area contributed by atoms with Crippen molar-refractivity contribution >= 4 is 33.0 Å². The third-order valence-electron chi connectivity index (χ3n) is 5.24. The van der Waals surface area contributed by atoms with Crippen molar-refractivity contribution in [2.75, 3.05) is 17.2 Å². The van der Waals surface area contributed by atoms with Crippen LogP contribution in [0.1, 0.15) is 34.1 Å². The summed E-state index contributed by atoms with van der Waals surface area (Å²) in [5, 5.41) is 0. The van der Waals surface area contributed by atoms with Crippen LogP contribution in [0.3, 0.4) is 0 Å². The zero-order chi connectivity index (χ0) is 22.2. The minimum Gasteiger partial charge on any atom is -0.494 e. The molecule has 1 aromatic heterocycles. The Kier molecular flexibility index (Phi) is 5.85. The summed E-state index contributed by atoms with van der Waals surface area (Å²) >= 11 is 1.28. The van der Waals surface area contributed by atoms with Gasteiger partial charge in [-0.15, -0.1) is 11.3 Å². The predicted molar refractivity (Wildman–Crippen MR) is 121 cm³/mol. The molecular formula is C23H22FNO4S2. The molecular weight excluding hydrogens is 437 g/mol. The molecule has 5 nitrogen and oxygen atoms in total. The number of hydrogen-bond acceptors (Lipinski definition) is 5. The zero-order valence-electron chi connectivity index (χ0n) is 17.2. The van der Waals surface area contributed by atoms with Crippen LogP contribution in [0.25, 0.3) is 10.4 Å². The van der Waals surface area contributed by atoms with E-state index in [1.807, 2.05) is 18.2 Å². The third kappa shape index (κ3) is 3.97. The number of anilines is 1. The highest BCUT2D eigenvalue weighted by atomic mass is 32.2. The number of halogens is 1. The second-order valence-corrected chi connectivity index (χ2v) is 10.3. The molecule has 4 rings (SSSR count). The predicted octanol–water partition coefficient (Wildman–Crippen LogP) is 5.05. The molecule has 0 spiro atoms. The fraction of sp³-hybridized carbons (Fsp3) is 0.261. The molecule has 1 heterocycles. The van der Waals surface area contributed by atoms with Gasteiger partial charge in [-0.1, -0.05) is 31.2 Å². The van der Waals surface area contributed by atoms with Gasteiger partial charge in [-0.2, -0.15) is 0 Å². The maximum Gasteiger partial charge on any atom is 0.282 e. The molecule has 2 aromatic carbocycles. The normalized spacial score (nSPS) is 12.7. The summed E-state index contributed by atoms with van der Waals surface area (Å²) in [4.78, 5) is 14.8. The first-order chi connectivity index (χ1) is 14.9. The first kappa shape index (κ1) is 21.5. The van der Waals surface area contributed by atoms with E-state index in [0.29, 0.717) is 11.3 Å². The van der Waals surface area contributed by atoms with E-state index in [4.69, 9.17) is 4.74 Å². The molecule has 0 unspecified atom stereocenters. The zero-order valence-corrected chi connectivity index (χ0v) is 18.9. The van der Waals surface area contributed by atoms with Crippen LogP contribution in [0.5, 0.6) is 5.75 Å². The maximum absolute atomic E-state index is 14.3. The van der Waals surface area contributed by atoms with Gasteiger partial charge in [0.2, 0.25) is 10.0 Å². The summed E-state index contributed by atoms with van der Waals surface area (Å²) in [6.07, 6.45) is 1.99. The first-order valence-electron chi connectivity index (χ1n) is 9.97. The number of carbonyl (C=O) groups is 1. The summed E-state index contributed by atoms with van der Waals surface area (Å²) in [6.45, 7) is 1.72. The van der Waals surface area contributed by atoms with Gasteiger partial charge in [0, 0.05) is 10.9 Å². The molecule has 0 atom stereocenters. The van der Waals surface area contributed by atoms with Crippen LogP contribution in [-0.4, -0.2) is 27.2 Å². The Hall–Kier alpha value is -2.71. The van der Waals surface area contributed by atoms with Crippen molar-refractivity contribution in [2.24, 2.45) is 0 Å². The van der Waals surface area contributed by atoms with Crippen molar-refractivity contribution in [3.8, 4) is 16.2 Å². The Morgan fingerprint density at radius 2 is 1.87 bits per heavy atom. The number of ether oxygens (including phenoxy) is 1. The van der Waals surface area contributed by atoms with E-state index >= 15 is 0 Å². The van der Waals surface area contributed by atoms with Crippen LogP contribution >= 0.6 is 11.3 Å². The molecule has 0 saturated carbocycles. The molecule has 0 bridgehead atoms. The van der Waals surface area contributed by atoms with Gasteiger partial charge in [-0.3, -0.25) is 4.79 Å². The summed E-state index contributed by atoms with van der Waals surface area (Å²) in [5.41, 5.74) is 3.28. The Labute approximate surface area is 185 Å².